The molecule has 0 unspecified atom stereocenters. The number of hydrogen-bond acceptors (Lipinski definition) is 5. The summed E-state index contributed by atoms with van der Waals surface area (Å²) in [5, 5.41) is 7.23. The van der Waals surface area contributed by atoms with Crippen molar-refractivity contribution >= 4 is 40.2 Å². The highest BCUT2D eigenvalue weighted by molar-refractivity contribution is 7.14. The van der Waals surface area contributed by atoms with Crippen LogP contribution in [0.25, 0.3) is 10.6 Å². The van der Waals surface area contributed by atoms with Crippen molar-refractivity contribution in [3.05, 3.63) is 57.2 Å². The predicted molar refractivity (Wildman–Crippen MR) is 99.3 cm³/mol. The number of amides is 1. The van der Waals surface area contributed by atoms with Crippen LogP contribution < -0.4 is 4.74 Å². The van der Waals surface area contributed by atoms with E-state index in [0.29, 0.717) is 29.6 Å². The minimum absolute atomic E-state index is 0.115. The van der Waals surface area contributed by atoms with Crippen LogP contribution in [0.4, 0.5) is 0 Å². The maximum atomic E-state index is 12.4. The molecule has 0 bridgehead atoms. The van der Waals surface area contributed by atoms with E-state index in [1.165, 1.54) is 11.3 Å². The molecule has 0 N–H and O–H groups in total. The summed E-state index contributed by atoms with van der Waals surface area (Å²) < 4.78 is 5.62. The number of para-hydroxylation sites is 1. The summed E-state index contributed by atoms with van der Waals surface area (Å²) in [7, 11) is 1.74. The van der Waals surface area contributed by atoms with E-state index < -0.39 is 0 Å². The standard InChI is InChI=1S/C17H15ClN2O2S2/c1-20(7-8-22-15-5-3-2-4-13(15)18)17(21)14-11-24-16(19-14)12-6-9-23-10-12/h2-6,9-11H,7-8H2,1H3. The molecule has 1 amide bonds. The average molecular weight is 379 g/mol. The molecule has 0 aliphatic carbocycles. The molecule has 2 aromatic heterocycles. The molecule has 0 spiro atoms. The number of hydrogen-bond donors (Lipinski definition) is 0. The van der Waals surface area contributed by atoms with Crippen molar-refractivity contribution in [1.82, 2.24) is 9.88 Å². The van der Waals surface area contributed by atoms with Crippen LogP contribution in [0.2, 0.25) is 5.02 Å². The van der Waals surface area contributed by atoms with Crippen molar-refractivity contribution in [2.75, 3.05) is 20.2 Å². The van der Waals surface area contributed by atoms with Crippen LogP contribution in [0.3, 0.4) is 0 Å². The van der Waals surface area contributed by atoms with Crippen LogP contribution in [0.15, 0.2) is 46.5 Å². The quantitative estimate of drug-likeness (QED) is 0.625. The normalized spacial score (nSPS) is 10.6. The van der Waals surface area contributed by atoms with Gasteiger partial charge in [-0.05, 0) is 23.6 Å². The Morgan fingerprint density at radius 1 is 1.29 bits per heavy atom. The van der Waals surface area contributed by atoms with E-state index >= 15 is 0 Å². The summed E-state index contributed by atoms with van der Waals surface area (Å²) in [6, 6.07) is 9.28. The number of benzene rings is 1. The van der Waals surface area contributed by atoms with Crippen molar-refractivity contribution in [2.24, 2.45) is 0 Å². The Balaban J connectivity index is 1.56. The number of carbonyl (C=O) groups is 1. The van der Waals surface area contributed by atoms with Crippen molar-refractivity contribution in [3.63, 3.8) is 0 Å². The zero-order chi connectivity index (χ0) is 16.9. The first-order valence-corrected chi connectivity index (χ1v) is 9.46. The molecule has 0 saturated carbocycles. The van der Waals surface area contributed by atoms with Gasteiger partial charge in [0.05, 0.1) is 11.6 Å². The fraction of sp³-hybridized carbons (Fsp3) is 0.176. The molecular weight excluding hydrogens is 364 g/mol. The van der Waals surface area contributed by atoms with Gasteiger partial charge in [-0.3, -0.25) is 4.79 Å². The van der Waals surface area contributed by atoms with Crippen molar-refractivity contribution < 1.29 is 9.53 Å². The molecule has 0 radical (unpaired) electrons. The smallest absolute Gasteiger partial charge is 0.273 e. The number of thiophene rings is 1. The lowest BCUT2D eigenvalue weighted by molar-refractivity contribution is 0.0769. The van der Waals surface area contributed by atoms with E-state index in [1.807, 2.05) is 29.0 Å². The summed E-state index contributed by atoms with van der Waals surface area (Å²) in [6.45, 7) is 0.822. The van der Waals surface area contributed by atoms with Gasteiger partial charge in [0.2, 0.25) is 0 Å². The van der Waals surface area contributed by atoms with Gasteiger partial charge in [-0.25, -0.2) is 4.98 Å². The second-order valence-electron chi connectivity index (χ2n) is 5.06. The monoisotopic (exact) mass is 378 g/mol. The Labute approximate surface area is 153 Å². The summed E-state index contributed by atoms with van der Waals surface area (Å²) in [5.74, 6) is 0.504. The van der Waals surface area contributed by atoms with Gasteiger partial charge < -0.3 is 9.64 Å². The van der Waals surface area contributed by atoms with Crippen LogP contribution in [-0.4, -0.2) is 36.0 Å². The Morgan fingerprint density at radius 2 is 2.12 bits per heavy atom. The number of ether oxygens (including phenoxy) is 1. The van der Waals surface area contributed by atoms with E-state index in [9.17, 15) is 4.79 Å². The maximum Gasteiger partial charge on any atom is 0.273 e. The van der Waals surface area contributed by atoms with Crippen molar-refractivity contribution in [3.8, 4) is 16.3 Å². The fourth-order valence-corrected chi connectivity index (χ4v) is 3.74. The van der Waals surface area contributed by atoms with Gasteiger partial charge in [0.1, 0.15) is 23.1 Å². The van der Waals surface area contributed by atoms with E-state index in [0.717, 1.165) is 10.6 Å². The van der Waals surface area contributed by atoms with E-state index in [-0.39, 0.29) is 5.91 Å². The topological polar surface area (TPSA) is 42.4 Å². The number of aromatic nitrogens is 1. The number of nitrogens with zero attached hydrogens (tertiary/aromatic N) is 2. The van der Waals surface area contributed by atoms with Gasteiger partial charge in [0.15, 0.2) is 0 Å². The molecule has 124 valence electrons. The molecule has 3 aromatic rings. The SMILES string of the molecule is CN(CCOc1ccccc1Cl)C(=O)c1csc(-c2ccsc2)n1. The van der Waals surface area contributed by atoms with Crippen LogP contribution in [-0.2, 0) is 0 Å². The van der Waals surface area contributed by atoms with Crippen molar-refractivity contribution in [1.29, 1.82) is 0 Å². The van der Waals surface area contributed by atoms with E-state index in [4.69, 9.17) is 16.3 Å². The Bertz CT molecular complexity index is 818. The first-order chi connectivity index (χ1) is 11.6. The third-order valence-corrected chi connectivity index (χ3v) is 5.25. The lowest BCUT2D eigenvalue weighted by Crippen LogP contribution is -2.31. The summed E-state index contributed by atoms with van der Waals surface area (Å²) in [6.07, 6.45) is 0. The molecule has 4 nitrogen and oxygen atoms in total. The summed E-state index contributed by atoms with van der Waals surface area (Å²) >= 11 is 9.12. The molecule has 7 heteroatoms. The lowest BCUT2D eigenvalue weighted by Gasteiger charge is -2.16. The third kappa shape index (κ3) is 3.95. The molecule has 0 atom stereocenters. The average Bonchev–Trinajstić information content (AvgIpc) is 3.27. The minimum atomic E-state index is -0.115. The van der Waals surface area contributed by atoms with Gasteiger partial charge in [-0.15, -0.1) is 11.3 Å². The van der Waals surface area contributed by atoms with E-state index in [1.54, 1.807) is 40.8 Å². The Morgan fingerprint density at radius 3 is 2.88 bits per heavy atom. The molecule has 2 heterocycles. The first kappa shape index (κ1) is 17.0. The van der Waals surface area contributed by atoms with Gasteiger partial charge in [0.25, 0.3) is 5.91 Å². The second kappa shape index (κ2) is 7.79. The number of halogens is 1. The molecule has 24 heavy (non-hydrogen) atoms. The van der Waals surface area contributed by atoms with Crippen LogP contribution in [0.1, 0.15) is 10.5 Å². The van der Waals surface area contributed by atoms with Crippen LogP contribution in [0, 0.1) is 0 Å². The Hall–Kier alpha value is -1.89. The molecule has 0 aliphatic heterocycles. The summed E-state index contributed by atoms with van der Waals surface area (Å²) in [5.41, 5.74) is 1.51. The number of rotatable bonds is 6. The van der Waals surface area contributed by atoms with E-state index in [2.05, 4.69) is 4.98 Å². The zero-order valence-electron chi connectivity index (χ0n) is 12.9. The third-order valence-electron chi connectivity index (χ3n) is 3.36. The van der Waals surface area contributed by atoms with Gasteiger partial charge >= 0.3 is 0 Å². The largest absolute Gasteiger partial charge is 0.490 e. The highest BCUT2D eigenvalue weighted by atomic mass is 35.5. The van der Waals surface area contributed by atoms with Crippen LogP contribution in [0.5, 0.6) is 5.75 Å². The molecule has 0 fully saturated rings. The van der Waals surface area contributed by atoms with Crippen LogP contribution >= 0.6 is 34.3 Å². The molecule has 0 saturated heterocycles. The lowest BCUT2D eigenvalue weighted by atomic mass is 10.3. The molecular formula is C17H15ClN2O2S2. The maximum absolute atomic E-state index is 12.4. The number of thiazole rings is 1. The van der Waals surface area contributed by atoms with Gasteiger partial charge in [-0.2, -0.15) is 11.3 Å². The second-order valence-corrected chi connectivity index (χ2v) is 7.10. The molecule has 0 aliphatic rings. The Kier molecular flexibility index (Phi) is 5.50. The van der Waals surface area contributed by atoms with Crippen molar-refractivity contribution in [2.45, 2.75) is 0 Å². The first-order valence-electron chi connectivity index (χ1n) is 7.26. The molecule has 3 rings (SSSR count). The highest BCUT2D eigenvalue weighted by Crippen LogP contribution is 2.26. The number of likely N-dealkylation sites (N-methyl/N-ethyl adjacent to an activating group) is 1. The molecule has 1 aromatic carbocycles. The number of carbonyl (C=O) groups excluding carboxylic acids is 1. The minimum Gasteiger partial charge on any atom is -0.490 e. The van der Waals surface area contributed by atoms with Gasteiger partial charge in [-0.1, -0.05) is 23.7 Å². The highest BCUT2D eigenvalue weighted by Gasteiger charge is 2.16. The zero-order valence-corrected chi connectivity index (χ0v) is 15.3. The predicted octanol–water partition coefficient (Wildman–Crippen LogP) is 4.68. The van der Waals surface area contributed by atoms with Gasteiger partial charge in [0, 0.05) is 23.4 Å². The summed E-state index contributed by atoms with van der Waals surface area (Å²) in [4.78, 5) is 18.5. The fourth-order valence-electron chi connectivity index (χ4n) is 2.04.